The molecule has 36 heteroatoms. The molecule has 6 saturated heterocycles. The highest BCUT2D eigenvalue weighted by molar-refractivity contribution is 5.33. The Kier molecular flexibility index (Phi) is 55.1. The number of benzene rings is 1. The van der Waals surface area contributed by atoms with Gasteiger partial charge in [0.1, 0.15) is 146 Å². The number of ether oxygens (including phenoxy) is 12. The van der Waals surface area contributed by atoms with E-state index in [1.807, 2.05) is 18.2 Å². The number of hydrogen-bond acceptors (Lipinski definition) is 36. The van der Waals surface area contributed by atoms with E-state index in [1.165, 1.54) is 38.5 Å². The van der Waals surface area contributed by atoms with Crippen molar-refractivity contribution in [1.29, 1.82) is 0 Å². The van der Waals surface area contributed by atoms with Gasteiger partial charge in [-0.3, -0.25) is 0 Å². The number of rotatable bonds is 69. The van der Waals surface area contributed by atoms with Crippen LogP contribution in [0.25, 0.3) is 0 Å². The predicted octanol–water partition coefficient (Wildman–Crippen LogP) is 2.45. The third-order valence-corrected chi connectivity index (χ3v) is 27.9. The van der Waals surface area contributed by atoms with E-state index in [9.17, 15) is 123 Å². The molecule has 0 spiro atoms. The highest BCUT2D eigenvalue weighted by atomic mass is 16.7. The van der Waals surface area contributed by atoms with E-state index in [4.69, 9.17) is 56.8 Å². The molecule has 774 valence electrons. The minimum Gasteiger partial charge on any atom is -0.394 e. The van der Waals surface area contributed by atoms with E-state index in [1.54, 1.807) is 0 Å². The number of unbranched alkanes of at least 4 members (excludes halogenated alkanes) is 33. The maximum atomic E-state index is 11.8. The first-order valence-electron chi connectivity index (χ1n) is 50.1. The van der Waals surface area contributed by atoms with Crippen molar-refractivity contribution < 1.29 is 179 Å². The summed E-state index contributed by atoms with van der Waals surface area (Å²) in [7, 11) is 0. The normalized spacial score (nSPS) is 34.5. The van der Waals surface area contributed by atoms with Gasteiger partial charge in [-0.2, -0.15) is 0 Å². The van der Waals surface area contributed by atoms with Crippen molar-refractivity contribution in [2.45, 2.75) is 475 Å². The lowest BCUT2D eigenvalue weighted by Gasteiger charge is -2.44. The monoisotopic (exact) mass is 1900 g/mol. The third-order valence-electron chi connectivity index (χ3n) is 27.9. The molecule has 6 aliphatic heterocycles. The van der Waals surface area contributed by atoms with Crippen LogP contribution in [0.1, 0.15) is 288 Å². The topological polar surface area (TPSA) is 596 Å². The van der Waals surface area contributed by atoms with Crippen molar-refractivity contribution in [3.63, 3.8) is 0 Å². The lowest BCUT2D eigenvalue weighted by atomic mass is 9.74. The molecule has 0 saturated carbocycles. The van der Waals surface area contributed by atoms with Crippen LogP contribution in [0, 0.1) is 16.2 Å². The average molecular weight is 1900 g/mol. The van der Waals surface area contributed by atoms with Crippen LogP contribution in [-0.2, 0) is 76.1 Å². The van der Waals surface area contributed by atoms with Gasteiger partial charge in [0.25, 0.3) is 0 Å². The van der Waals surface area contributed by atoms with Crippen LogP contribution in [0.4, 0.5) is 0 Å². The Bertz CT molecular complexity index is 2660. The first-order valence-corrected chi connectivity index (χ1v) is 50.1. The smallest absolute Gasteiger partial charge is 0.186 e. The van der Waals surface area contributed by atoms with Gasteiger partial charge >= 0.3 is 0 Å². The van der Waals surface area contributed by atoms with E-state index < -0.39 is 280 Å². The lowest BCUT2D eigenvalue weighted by Crippen LogP contribution is -2.60. The summed E-state index contributed by atoms with van der Waals surface area (Å²) in [5.41, 5.74) is -3.07. The van der Waals surface area contributed by atoms with Gasteiger partial charge < -0.3 is 179 Å². The second-order valence-corrected chi connectivity index (χ2v) is 39.2. The van der Waals surface area contributed by atoms with E-state index >= 15 is 0 Å². The Hall–Kier alpha value is -2.22. The summed E-state index contributed by atoms with van der Waals surface area (Å²) in [5.74, 6) is 0. The van der Waals surface area contributed by atoms with Crippen LogP contribution < -0.4 is 0 Å². The first kappa shape index (κ1) is 117. The van der Waals surface area contributed by atoms with Crippen molar-refractivity contribution in [3.8, 4) is 0 Å². The fourth-order valence-corrected chi connectivity index (χ4v) is 19.4. The molecular formula is C96H174O36. The maximum Gasteiger partial charge on any atom is 0.186 e. The number of aliphatic hydroxyl groups is 24. The second kappa shape index (κ2) is 62.3. The van der Waals surface area contributed by atoms with Gasteiger partial charge in [0, 0.05) is 16.2 Å². The van der Waals surface area contributed by atoms with Gasteiger partial charge in [-0.25, -0.2) is 0 Å². The molecule has 6 heterocycles. The summed E-state index contributed by atoms with van der Waals surface area (Å²) in [5, 5.41) is 269. The van der Waals surface area contributed by atoms with Gasteiger partial charge in [-0.15, -0.1) is 0 Å². The van der Waals surface area contributed by atoms with E-state index in [0.717, 1.165) is 154 Å². The second-order valence-electron chi connectivity index (χ2n) is 39.2. The predicted molar refractivity (Wildman–Crippen MR) is 480 cm³/mol. The molecule has 0 radical (unpaired) electrons. The van der Waals surface area contributed by atoms with E-state index in [-0.39, 0.29) is 38.5 Å². The lowest BCUT2D eigenvalue weighted by molar-refractivity contribution is -0.318. The molecule has 132 heavy (non-hydrogen) atoms. The Labute approximate surface area is 781 Å². The molecule has 6 fully saturated rings. The fourth-order valence-electron chi connectivity index (χ4n) is 19.4. The molecule has 6 aliphatic rings. The molecule has 36 nitrogen and oxygen atoms in total. The Morgan fingerprint density at radius 3 is 0.470 bits per heavy atom. The first-order chi connectivity index (χ1) is 63.5. The molecule has 12 unspecified atom stereocenters. The van der Waals surface area contributed by atoms with Crippen LogP contribution in [0.5, 0.6) is 0 Å². The molecule has 30 atom stereocenters. The molecule has 0 amide bonds. The van der Waals surface area contributed by atoms with E-state index in [0.29, 0.717) is 55.2 Å². The van der Waals surface area contributed by atoms with Gasteiger partial charge in [0.2, 0.25) is 0 Å². The van der Waals surface area contributed by atoms with Crippen LogP contribution in [0.2, 0.25) is 0 Å². The molecule has 7 rings (SSSR count). The summed E-state index contributed by atoms with van der Waals surface area (Å²) in [4.78, 5) is 0. The zero-order chi connectivity index (χ0) is 96.3. The van der Waals surface area contributed by atoms with Crippen molar-refractivity contribution in [2.75, 3.05) is 79.3 Å². The molecule has 1 aromatic carbocycles. The number of aliphatic hydroxyl groups excluding tert-OH is 24. The maximum absolute atomic E-state index is 11.8. The zero-order valence-electron chi connectivity index (χ0n) is 78.9. The van der Waals surface area contributed by atoms with Crippen LogP contribution in [0.3, 0.4) is 0 Å². The van der Waals surface area contributed by atoms with Crippen molar-refractivity contribution >= 4 is 0 Å². The quantitative estimate of drug-likeness (QED) is 0.0416. The van der Waals surface area contributed by atoms with Crippen LogP contribution in [0.15, 0.2) is 18.2 Å². The summed E-state index contributed by atoms with van der Waals surface area (Å²) >= 11 is 0. The highest BCUT2D eigenvalue weighted by Crippen LogP contribution is 2.43. The number of hydrogen-bond donors (Lipinski definition) is 24. The van der Waals surface area contributed by atoms with Gasteiger partial charge in [0.05, 0.1) is 79.3 Å². The molecule has 0 bridgehead atoms. The SMILES string of the molecule is CCCCCCCCCCCCCCC(CO[C@@H]1OC(CO)[C@@H](O)[C@H](O)C1O)(CO[C@@H]1OC(CO)[C@@H](O)[C@H](O)C1O)Cc1cc(CC(CCCCCCCCCCCCCC)(CO[C@@H]2OC(CO)[C@@H](O)[C@H](O)C2O)CO[C@@H]2OC(CO)[C@@H](O)[C@H](O)C2O)cc(CC(CCCCCCCCCCCCCC)(CO[C@@H]2OC(CO)[C@@H](O)[C@H](O)C2O)CO[C@@H]2OC(CO)[C@@H](O)[C@H](O)C2O)c1. The highest BCUT2D eigenvalue weighted by Gasteiger charge is 2.53. The molecule has 24 N–H and O–H groups in total. The summed E-state index contributed by atoms with van der Waals surface area (Å²) < 4.78 is 76.3. The largest absolute Gasteiger partial charge is 0.394 e. The molecule has 1 aromatic rings. The summed E-state index contributed by atoms with van der Waals surface area (Å²) in [6.45, 7) is -1.29. The van der Waals surface area contributed by atoms with Crippen molar-refractivity contribution in [2.24, 2.45) is 16.2 Å². The van der Waals surface area contributed by atoms with E-state index in [2.05, 4.69) is 20.8 Å². The van der Waals surface area contributed by atoms with Gasteiger partial charge in [-0.05, 0) is 55.2 Å². The molecule has 0 aliphatic carbocycles. The van der Waals surface area contributed by atoms with Gasteiger partial charge in [0.15, 0.2) is 37.7 Å². The Morgan fingerprint density at radius 1 is 0.197 bits per heavy atom. The minimum absolute atomic E-state index is 0.149. The summed E-state index contributed by atoms with van der Waals surface area (Å²) in [6.07, 6.45) is -18.6. The summed E-state index contributed by atoms with van der Waals surface area (Å²) in [6, 6.07) is 5.55. The van der Waals surface area contributed by atoms with Gasteiger partial charge in [-0.1, -0.05) is 270 Å². The van der Waals surface area contributed by atoms with Crippen molar-refractivity contribution in [1.82, 2.24) is 0 Å². The van der Waals surface area contributed by atoms with Crippen LogP contribution >= 0.6 is 0 Å². The molecule has 0 aromatic heterocycles. The Morgan fingerprint density at radius 2 is 0.333 bits per heavy atom. The minimum atomic E-state index is -1.93. The fraction of sp³-hybridized carbons (Fsp3) is 0.938. The third kappa shape index (κ3) is 36.3. The Balaban J connectivity index is 1.50. The van der Waals surface area contributed by atoms with Crippen LogP contribution in [-0.4, -0.2) is 386 Å². The zero-order valence-corrected chi connectivity index (χ0v) is 78.9. The molecular weight excluding hydrogens is 1730 g/mol. The van der Waals surface area contributed by atoms with Crippen molar-refractivity contribution in [3.05, 3.63) is 34.9 Å². The average Bonchev–Trinajstić information content (AvgIpc) is 0.601. The standard InChI is InChI=1S/C96H174O36/c1-4-7-10-13-16-19-22-25-28-31-34-37-40-94(55-121-88-82(115)76(109)70(103)64(49-97)127-88,56-122-89-83(116)77(110)71(104)65(50-98)128-89)46-61-43-62(47-95(41-38-35-32-29-26-23-20-17-14-11-8-5-2,57-123-90-84(117)78(111)72(105)66(51-99)129-90)58-124-91-85(118)79(112)73(106)67(52-100)130-91)45-63(44-61)48-96(42-39-36-33-30-27-24-21-18-15-12-9-6-3,59-125-92-86(119)80(113)74(107)68(53-101)131-92)60-126-93-87(120)81(114)75(108)69(54-102)132-93/h43-45,64-93,97-120H,4-42,46-60H2,1-3H3/t64?,65?,66?,67?,68?,69?,70-,71-,72-,73-,74-,75-,76+,77+,78+,79+,80+,81+,82?,83?,84?,85?,86?,87?,88-,89-,90-,91-,92-,93-,94?,95?,96?/m1/s1.